The SMILES string of the molecule is CCC1CN(C(C)(CN)CC(C)C)C1. The molecule has 1 heterocycles. The van der Waals surface area contributed by atoms with E-state index in [1.165, 1.54) is 25.9 Å². The third-order valence-electron chi connectivity index (χ3n) is 3.59. The van der Waals surface area contributed by atoms with Gasteiger partial charge in [0.1, 0.15) is 0 Å². The van der Waals surface area contributed by atoms with Crippen molar-refractivity contribution in [1.82, 2.24) is 4.90 Å². The standard InChI is InChI=1S/C12H26N2/c1-5-11-7-14(8-11)12(4,9-13)6-10(2)3/h10-11H,5-9,13H2,1-4H3. The number of nitrogens with zero attached hydrogens (tertiary/aromatic N) is 1. The molecule has 1 rings (SSSR count). The van der Waals surface area contributed by atoms with E-state index in [1.807, 2.05) is 0 Å². The minimum absolute atomic E-state index is 0.250. The van der Waals surface area contributed by atoms with Gasteiger partial charge in [0.15, 0.2) is 0 Å². The molecule has 0 radical (unpaired) electrons. The number of nitrogens with two attached hydrogens (primary N) is 1. The molecule has 1 unspecified atom stereocenters. The fraction of sp³-hybridized carbons (Fsp3) is 1.00. The Balaban J connectivity index is 2.45. The first-order chi connectivity index (χ1) is 6.51. The van der Waals surface area contributed by atoms with Crippen LogP contribution in [-0.4, -0.2) is 30.1 Å². The Labute approximate surface area is 88.8 Å². The summed E-state index contributed by atoms with van der Waals surface area (Å²) in [5.41, 5.74) is 6.16. The topological polar surface area (TPSA) is 29.3 Å². The smallest absolute Gasteiger partial charge is 0.0306 e. The second-order valence-electron chi connectivity index (χ2n) is 5.48. The molecule has 84 valence electrons. The Kier molecular flexibility index (Phi) is 3.96. The van der Waals surface area contributed by atoms with Gasteiger partial charge < -0.3 is 5.73 Å². The van der Waals surface area contributed by atoms with Crippen LogP contribution in [0.15, 0.2) is 0 Å². The van der Waals surface area contributed by atoms with E-state index in [0.717, 1.165) is 18.4 Å². The predicted molar refractivity (Wildman–Crippen MR) is 62.3 cm³/mol. The monoisotopic (exact) mass is 198 g/mol. The lowest BCUT2D eigenvalue weighted by Gasteiger charge is -2.51. The van der Waals surface area contributed by atoms with Crippen molar-refractivity contribution in [2.75, 3.05) is 19.6 Å². The maximum Gasteiger partial charge on any atom is 0.0306 e. The predicted octanol–water partition coefficient (Wildman–Crippen LogP) is 2.09. The van der Waals surface area contributed by atoms with E-state index < -0.39 is 0 Å². The summed E-state index contributed by atoms with van der Waals surface area (Å²) in [5.74, 6) is 1.66. The summed E-state index contributed by atoms with van der Waals surface area (Å²) in [4.78, 5) is 2.57. The van der Waals surface area contributed by atoms with Gasteiger partial charge in [-0.2, -0.15) is 0 Å². The van der Waals surface area contributed by atoms with Crippen LogP contribution in [-0.2, 0) is 0 Å². The van der Waals surface area contributed by atoms with E-state index in [4.69, 9.17) is 5.73 Å². The molecule has 0 aromatic carbocycles. The number of hydrogen-bond donors (Lipinski definition) is 1. The van der Waals surface area contributed by atoms with Gasteiger partial charge in [-0.25, -0.2) is 0 Å². The van der Waals surface area contributed by atoms with Crippen molar-refractivity contribution in [2.24, 2.45) is 17.6 Å². The summed E-state index contributed by atoms with van der Waals surface area (Å²) in [6.45, 7) is 12.5. The van der Waals surface area contributed by atoms with Gasteiger partial charge in [0.25, 0.3) is 0 Å². The Bertz CT molecular complexity index is 173. The zero-order valence-electron chi connectivity index (χ0n) is 10.2. The first-order valence-electron chi connectivity index (χ1n) is 5.97. The van der Waals surface area contributed by atoms with Gasteiger partial charge >= 0.3 is 0 Å². The van der Waals surface area contributed by atoms with Crippen LogP contribution in [0.25, 0.3) is 0 Å². The van der Waals surface area contributed by atoms with Gasteiger partial charge in [0.2, 0.25) is 0 Å². The van der Waals surface area contributed by atoms with Gasteiger partial charge in [-0.3, -0.25) is 4.90 Å². The highest BCUT2D eigenvalue weighted by Crippen LogP contribution is 2.31. The van der Waals surface area contributed by atoms with Crippen molar-refractivity contribution >= 4 is 0 Å². The minimum Gasteiger partial charge on any atom is -0.329 e. The fourth-order valence-corrected chi connectivity index (χ4v) is 2.49. The summed E-state index contributed by atoms with van der Waals surface area (Å²) in [6.07, 6.45) is 2.54. The molecule has 0 aliphatic carbocycles. The Morgan fingerprint density at radius 3 is 2.36 bits per heavy atom. The van der Waals surface area contributed by atoms with E-state index >= 15 is 0 Å². The molecule has 14 heavy (non-hydrogen) atoms. The van der Waals surface area contributed by atoms with Gasteiger partial charge in [-0.1, -0.05) is 27.2 Å². The van der Waals surface area contributed by atoms with E-state index in [1.54, 1.807) is 0 Å². The molecule has 2 N–H and O–H groups in total. The highest BCUT2D eigenvalue weighted by molar-refractivity contribution is 4.95. The van der Waals surface area contributed by atoms with Crippen LogP contribution in [0.4, 0.5) is 0 Å². The molecule has 0 amide bonds. The molecule has 0 aromatic rings. The Morgan fingerprint density at radius 1 is 1.43 bits per heavy atom. The number of rotatable bonds is 5. The molecular formula is C12H26N2. The van der Waals surface area contributed by atoms with Crippen molar-refractivity contribution < 1.29 is 0 Å². The van der Waals surface area contributed by atoms with Crippen molar-refractivity contribution in [1.29, 1.82) is 0 Å². The molecule has 1 atom stereocenters. The van der Waals surface area contributed by atoms with Crippen molar-refractivity contribution in [3.63, 3.8) is 0 Å². The first-order valence-corrected chi connectivity index (χ1v) is 5.97. The average Bonchev–Trinajstić information content (AvgIpc) is 2.01. The number of likely N-dealkylation sites (tertiary alicyclic amines) is 1. The van der Waals surface area contributed by atoms with Gasteiger partial charge in [-0.05, 0) is 25.2 Å². The normalized spacial score (nSPS) is 23.6. The van der Waals surface area contributed by atoms with Crippen LogP contribution in [0.2, 0.25) is 0 Å². The molecule has 2 nitrogen and oxygen atoms in total. The van der Waals surface area contributed by atoms with E-state index in [9.17, 15) is 0 Å². The summed E-state index contributed by atoms with van der Waals surface area (Å²) in [5, 5.41) is 0. The zero-order chi connectivity index (χ0) is 10.8. The molecule has 1 saturated heterocycles. The summed E-state index contributed by atoms with van der Waals surface area (Å²) in [7, 11) is 0. The van der Waals surface area contributed by atoms with E-state index in [-0.39, 0.29) is 5.54 Å². The lowest BCUT2D eigenvalue weighted by molar-refractivity contribution is -0.0138. The third kappa shape index (κ3) is 2.48. The largest absolute Gasteiger partial charge is 0.329 e. The molecule has 1 fully saturated rings. The van der Waals surface area contributed by atoms with Crippen molar-refractivity contribution in [3.05, 3.63) is 0 Å². The molecular weight excluding hydrogens is 172 g/mol. The van der Waals surface area contributed by atoms with Crippen LogP contribution in [0.5, 0.6) is 0 Å². The number of hydrogen-bond acceptors (Lipinski definition) is 2. The lowest BCUT2D eigenvalue weighted by Crippen LogP contribution is -2.61. The fourth-order valence-electron chi connectivity index (χ4n) is 2.49. The Morgan fingerprint density at radius 2 is 2.00 bits per heavy atom. The highest BCUT2D eigenvalue weighted by Gasteiger charge is 2.38. The Hall–Kier alpha value is -0.0800. The molecule has 0 bridgehead atoms. The molecule has 1 aliphatic heterocycles. The molecule has 0 spiro atoms. The molecule has 1 aliphatic rings. The molecule has 0 aromatic heterocycles. The highest BCUT2D eigenvalue weighted by atomic mass is 15.3. The summed E-state index contributed by atoms with van der Waals surface area (Å²) >= 11 is 0. The van der Waals surface area contributed by atoms with Crippen LogP contribution in [0.1, 0.15) is 40.5 Å². The van der Waals surface area contributed by atoms with Gasteiger partial charge in [0, 0.05) is 25.2 Å². The van der Waals surface area contributed by atoms with Crippen molar-refractivity contribution in [3.8, 4) is 0 Å². The average molecular weight is 198 g/mol. The van der Waals surface area contributed by atoms with Crippen LogP contribution in [0, 0.1) is 11.8 Å². The van der Waals surface area contributed by atoms with Crippen LogP contribution in [0.3, 0.4) is 0 Å². The first kappa shape index (κ1) is 12.0. The van der Waals surface area contributed by atoms with Crippen LogP contribution < -0.4 is 5.73 Å². The second kappa shape index (κ2) is 4.63. The maximum absolute atomic E-state index is 5.91. The van der Waals surface area contributed by atoms with E-state index in [2.05, 4.69) is 32.6 Å². The molecule has 0 saturated carbocycles. The summed E-state index contributed by atoms with van der Waals surface area (Å²) in [6, 6.07) is 0. The van der Waals surface area contributed by atoms with Crippen LogP contribution >= 0.6 is 0 Å². The second-order valence-corrected chi connectivity index (χ2v) is 5.48. The van der Waals surface area contributed by atoms with Gasteiger partial charge in [-0.15, -0.1) is 0 Å². The summed E-state index contributed by atoms with van der Waals surface area (Å²) < 4.78 is 0. The molecule has 2 heteroatoms. The quantitative estimate of drug-likeness (QED) is 0.733. The van der Waals surface area contributed by atoms with Gasteiger partial charge in [0.05, 0.1) is 0 Å². The van der Waals surface area contributed by atoms with Crippen molar-refractivity contribution in [2.45, 2.75) is 46.1 Å². The minimum atomic E-state index is 0.250. The van der Waals surface area contributed by atoms with E-state index in [0.29, 0.717) is 0 Å². The zero-order valence-corrected chi connectivity index (χ0v) is 10.2. The lowest BCUT2D eigenvalue weighted by atomic mass is 9.83. The third-order valence-corrected chi connectivity index (χ3v) is 3.59. The maximum atomic E-state index is 5.91.